The lowest BCUT2D eigenvalue weighted by Gasteiger charge is -2.25. The Morgan fingerprint density at radius 1 is 0.939 bits per heavy atom. The molecule has 0 radical (unpaired) electrons. The third-order valence-corrected chi connectivity index (χ3v) is 7.61. The van der Waals surface area contributed by atoms with Crippen molar-refractivity contribution in [3.05, 3.63) is 63.4 Å². The van der Waals surface area contributed by atoms with Crippen molar-refractivity contribution >= 4 is 38.7 Å². The van der Waals surface area contributed by atoms with Gasteiger partial charge in [-0.25, -0.2) is 0 Å². The Hall–Kier alpha value is -1.76. The fourth-order valence-corrected chi connectivity index (χ4v) is 5.43. The van der Waals surface area contributed by atoms with E-state index in [0.29, 0.717) is 23.1 Å². The summed E-state index contributed by atoms with van der Waals surface area (Å²) in [6.07, 6.45) is 9.02. The van der Waals surface area contributed by atoms with Crippen LogP contribution in [0.15, 0.2) is 62.4 Å². The third kappa shape index (κ3) is 7.11. The molecule has 0 amide bonds. The largest absolute Gasteiger partial charge is 0.493 e. The molecule has 1 aliphatic rings. The summed E-state index contributed by atoms with van der Waals surface area (Å²) < 4.78 is 12.7. The van der Waals surface area contributed by atoms with E-state index in [2.05, 4.69) is 32.6 Å². The smallest absolute Gasteiger partial charge is 0.200 e. The van der Waals surface area contributed by atoms with Gasteiger partial charge in [-0.05, 0) is 49.2 Å². The molecule has 0 atom stereocenters. The van der Waals surface area contributed by atoms with Crippen LogP contribution < -0.4 is 10.2 Å². The van der Waals surface area contributed by atoms with E-state index in [1.54, 1.807) is 12.3 Å². The van der Waals surface area contributed by atoms with Crippen LogP contribution in [0.4, 0.5) is 0 Å². The molecule has 0 aliphatic carbocycles. The Kier molecular flexibility index (Phi) is 9.33. The second-order valence-corrected chi connectivity index (χ2v) is 10.7. The van der Waals surface area contributed by atoms with Gasteiger partial charge in [0, 0.05) is 35.1 Å². The van der Waals surface area contributed by atoms with Gasteiger partial charge in [0.25, 0.3) is 0 Å². The lowest BCUT2D eigenvalue weighted by Crippen LogP contribution is -2.33. The van der Waals surface area contributed by atoms with Crippen LogP contribution in [0, 0.1) is 0 Å². The summed E-state index contributed by atoms with van der Waals surface area (Å²) in [5, 5.41) is 0.575. The van der Waals surface area contributed by atoms with Crippen molar-refractivity contribution in [1.29, 1.82) is 0 Å². The van der Waals surface area contributed by atoms with Crippen molar-refractivity contribution in [1.82, 2.24) is 4.90 Å². The van der Waals surface area contributed by atoms with Gasteiger partial charge in [-0.15, -0.1) is 0 Å². The number of hydrogen-bond donors (Lipinski definition) is 0. The molecule has 1 aliphatic heterocycles. The molecule has 0 unspecified atom stereocenters. The van der Waals surface area contributed by atoms with Gasteiger partial charge in [0.05, 0.1) is 17.6 Å². The van der Waals surface area contributed by atoms with E-state index in [1.165, 1.54) is 63.2 Å². The van der Waals surface area contributed by atoms with Crippen molar-refractivity contribution in [2.45, 2.75) is 38.5 Å². The number of fused-ring (bicyclic) bond motifs is 1. The number of nitrogens with zero attached hydrogens (tertiary/aromatic N) is 1. The second kappa shape index (κ2) is 12.6. The second-order valence-electron chi connectivity index (χ2n) is 8.57. The summed E-state index contributed by atoms with van der Waals surface area (Å²) in [6.45, 7) is 4.50. The molecule has 4 rings (SSSR count). The fraction of sp³-hybridized carbons (Fsp3) is 0.444. The zero-order chi connectivity index (χ0) is 22.9. The van der Waals surface area contributed by atoms with Gasteiger partial charge in [-0.2, -0.15) is 11.8 Å². The predicted molar refractivity (Wildman–Crippen MR) is 143 cm³/mol. The molecule has 1 fully saturated rings. The fourth-order valence-electron chi connectivity index (χ4n) is 4.19. The van der Waals surface area contributed by atoms with E-state index in [-0.39, 0.29) is 5.43 Å². The maximum absolute atomic E-state index is 12.9. The topological polar surface area (TPSA) is 42.7 Å². The standard InChI is InChI=1S/C27H32BrNO3S/c28-22-9-7-21(8-10-22)25-20-32-26-19-23(11-12-24(26)27(25)30)31-16-6-4-2-1-3-5-13-29-14-17-33-18-15-29/h7-12,19-20H,1-6,13-18H2. The van der Waals surface area contributed by atoms with Crippen LogP contribution in [0.1, 0.15) is 38.5 Å². The highest BCUT2D eigenvalue weighted by atomic mass is 79.9. The van der Waals surface area contributed by atoms with Crippen LogP contribution in [0.2, 0.25) is 0 Å². The molecule has 0 spiro atoms. The average molecular weight is 531 g/mol. The highest BCUT2D eigenvalue weighted by Crippen LogP contribution is 2.24. The van der Waals surface area contributed by atoms with Crippen molar-refractivity contribution in [2.75, 3.05) is 37.7 Å². The van der Waals surface area contributed by atoms with Crippen LogP contribution in [-0.2, 0) is 0 Å². The van der Waals surface area contributed by atoms with Crippen LogP contribution in [-0.4, -0.2) is 42.6 Å². The SMILES string of the molecule is O=c1c(-c2ccc(Br)cc2)coc2cc(OCCCCCCCCN3CCSCC3)ccc12. The first kappa shape index (κ1) is 24.4. The van der Waals surface area contributed by atoms with E-state index < -0.39 is 0 Å². The Balaban J connectivity index is 1.18. The van der Waals surface area contributed by atoms with Crippen LogP contribution in [0.25, 0.3) is 22.1 Å². The van der Waals surface area contributed by atoms with Gasteiger partial charge in [-0.3, -0.25) is 4.79 Å². The molecule has 33 heavy (non-hydrogen) atoms. The van der Waals surface area contributed by atoms with Gasteiger partial charge >= 0.3 is 0 Å². The molecule has 6 heteroatoms. The van der Waals surface area contributed by atoms with Crippen LogP contribution >= 0.6 is 27.7 Å². The van der Waals surface area contributed by atoms with E-state index >= 15 is 0 Å². The predicted octanol–water partition coefficient (Wildman–Crippen LogP) is 6.99. The zero-order valence-electron chi connectivity index (χ0n) is 19.1. The number of benzene rings is 2. The number of halogens is 1. The minimum Gasteiger partial charge on any atom is -0.493 e. The molecule has 176 valence electrons. The highest BCUT2D eigenvalue weighted by molar-refractivity contribution is 9.10. The first-order valence-electron chi connectivity index (χ1n) is 11.9. The lowest BCUT2D eigenvalue weighted by molar-refractivity contribution is 0.291. The Morgan fingerprint density at radius 3 is 2.45 bits per heavy atom. The quantitative estimate of drug-likeness (QED) is 0.250. The molecule has 1 saturated heterocycles. The minimum absolute atomic E-state index is 0.0238. The number of rotatable bonds is 11. The molecule has 3 aromatic rings. The maximum Gasteiger partial charge on any atom is 0.200 e. The van der Waals surface area contributed by atoms with E-state index in [4.69, 9.17) is 9.15 Å². The molecule has 4 nitrogen and oxygen atoms in total. The van der Waals surface area contributed by atoms with Gasteiger partial charge in [0.2, 0.25) is 0 Å². The molecule has 0 saturated carbocycles. The van der Waals surface area contributed by atoms with Gasteiger partial charge in [0.1, 0.15) is 17.6 Å². The molecule has 1 aromatic heterocycles. The molecule has 0 bridgehead atoms. The van der Waals surface area contributed by atoms with E-state index in [9.17, 15) is 4.79 Å². The third-order valence-electron chi connectivity index (χ3n) is 6.14. The zero-order valence-corrected chi connectivity index (χ0v) is 21.5. The van der Waals surface area contributed by atoms with E-state index in [0.717, 1.165) is 22.2 Å². The van der Waals surface area contributed by atoms with Crippen LogP contribution in [0.3, 0.4) is 0 Å². The molecule has 0 N–H and O–H groups in total. The lowest BCUT2D eigenvalue weighted by atomic mass is 10.1. The first-order valence-corrected chi connectivity index (χ1v) is 13.9. The summed E-state index contributed by atoms with van der Waals surface area (Å²) >= 11 is 5.50. The molecular formula is C27H32BrNO3S. The van der Waals surface area contributed by atoms with Crippen molar-refractivity contribution in [3.63, 3.8) is 0 Å². The summed E-state index contributed by atoms with van der Waals surface area (Å²) in [5.41, 5.74) is 1.95. The Bertz CT molecular complexity index is 1080. The number of unbranched alkanes of at least 4 members (excludes halogenated alkanes) is 5. The molecule has 2 aromatic carbocycles. The minimum atomic E-state index is -0.0238. The Labute approximate surface area is 208 Å². The molecule has 2 heterocycles. The Morgan fingerprint density at radius 2 is 1.67 bits per heavy atom. The highest BCUT2D eigenvalue weighted by Gasteiger charge is 2.11. The van der Waals surface area contributed by atoms with Crippen molar-refractivity contribution < 1.29 is 9.15 Å². The first-order chi connectivity index (χ1) is 16.2. The summed E-state index contributed by atoms with van der Waals surface area (Å²) in [6, 6.07) is 13.2. The van der Waals surface area contributed by atoms with E-state index in [1.807, 2.05) is 36.4 Å². The average Bonchev–Trinajstić information content (AvgIpc) is 2.84. The monoisotopic (exact) mass is 529 g/mol. The number of thioether (sulfide) groups is 1. The van der Waals surface area contributed by atoms with Gasteiger partial charge in [-0.1, -0.05) is 53.7 Å². The summed E-state index contributed by atoms with van der Waals surface area (Å²) in [5.74, 6) is 3.36. The van der Waals surface area contributed by atoms with Crippen molar-refractivity contribution in [3.8, 4) is 16.9 Å². The summed E-state index contributed by atoms with van der Waals surface area (Å²) in [4.78, 5) is 15.5. The maximum atomic E-state index is 12.9. The van der Waals surface area contributed by atoms with Gasteiger partial charge in [0.15, 0.2) is 5.43 Å². The summed E-state index contributed by atoms with van der Waals surface area (Å²) in [7, 11) is 0. The normalized spacial score (nSPS) is 14.6. The number of ether oxygens (including phenoxy) is 1. The van der Waals surface area contributed by atoms with Gasteiger partial charge < -0.3 is 14.1 Å². The van der Waals surface area contributed by atoms with Crippen molar-refractivity contribution in [2.24, 2.45) is 0 Å². The molecular weight excluding hydrogens is 498 g/mol. The number of hydrogen-bond acceptors (Lipinski definition) is 5. The van der Waals surface area contributed by atoms with Crippen LogP contribution in [0.5, 0.6) is 5.75 Å².